The molecule has 1 aromatic rings. The fourth-order valence-electron chi connectivity index (χ4n) is 3.56. The van der Waals surface area contributed by atoms with E-state index in [1.165, 1.54) is 16.7 Å². The number of nitrogens with zero attached hydrogens (tertiary/aromatic N) is 1. The van der Waals surface area contributed by atoms with Crippen LogP contribution in [0, 0.1) is 13.8 Å². The van der Waals surface area contributed by atoms with E-state index in [0.29, 0.717) is 13.0 Å². The Hall–Kier alpha value is -1.39. The second kappa shape index (κ2) is 8.33. The smallest absolute Gasteiger partial charge is 0.220 e. The van der Waals surface area contributed by atoms with E-state index in [2.05, 4.69) is 70.0 Å². The molecule has 0 aromatic heterocycles. The molecule has 1 fully saturated rings. The van der Waals surface area contributed by atoms with E-state index in [1.807, 2.05) is 0 Å². The van der Waals surface area contributed by atoms with Crippen LogP contribution in [0.15, 0.2) is 18.2 Å². The van der Waals surface area contributed by atoms with Crippen molar-refractivity contribution in [2.24, 2.45) is 0 Å². The maximum Gasteiger partial charge on any atom is 0.220 e. The predicted molar refractivity (Wildman–Crippen MR) is 103 cm³/mol. The molecular weight excluding hydrogens is 312 g/mol. The lowest BCUT2D eigenvalue weighted by Crippen LogP contribution is -2.58. The van der Waals surface area contributed by atoms with Gasteiger partial charge in [0.15, 0.2) is 0 Å². The highest BCUT2D eigenvalue weighted by molar-refractivity contribution is 5.76. The zero-order valence-corrected chi connectivity index (χ0v) is 16.7. The first-order valence-corrected chi connectivity index (χ1v) is 9.41. The molecule has 0 spiro atoms. The van der Waals surface area contributed by atoms with E-state index >= 15 is 0 Å². The maximum atomic E-state index is 12.3. The molecule has 1 aliphatic rings. The number of ether oxygens (including phenoxy) is 1. The van der Waals surface area contributed by atoms with E-state index in [9.17, 15) is 4.79 Å². The fraction of sp³-hybridized carbons (Fsp3) is 0.667. The zero-order chi connectivity index (χ0) is 18.6. The first-order chi connectivity index (χ1) is 11.7. The minimum absolute atomic E-state index is 0.0677. The van der Waals surface area contributed by atoms with Gasteiger partial charge in [0.1, 0.15) is 0 Å². The topological polar surface area (TPSA) is 41.6 Å². The minimum atomic E-state index is -0.0677. The molecule has 1 N–H and O–H groups in total. The van der Waals surface area contributed by atoms with Crippen molar-refractivity contribution in [3.63, 3.8) is 0 Å². The molecule has 0 aliphatic carbocycles. The van der Waals surface area contributed by atoms with Crippen molar-refractivity contribution in [3.8, 4) is 0 Å². The lowest BCUT2D eigenvalue weighted by Gasteiger charge is -2.45. The number of nitrogens with one attached hydrogen (secondary N) is 1. The average Bonchev–Trinajstić information content (AvgIpc) is 2.51. The Balaban J connectivity index is 1.82. The van der Waals surface area contributed by atoms with Gasteiger partial charge in [-0.25, -0.2) is 0 Å². The molecule has 1 aromatic carbocycles. The molecule has 1 amide bonds. The highest BCUT2D eigenvalue weighted by Gasteiger charge is 2.33. The standard InChI is InChI=1S/C21H34N2O2/c1-15-7-8-19(16(2)11-15)9-10-20(24)22-14-21(5,6)23-12-17(3)25-18(4)13-23/h7-8,11,17-18H,9-10,12-14H2,1-6H3,(H,22,24)/t17-,18-/m0/s1. The Morgan fingerprint density at radius 1 is 1.24 bits per heavy atom. The minimum Gasteiger partial charge on any atom is -0.373 e. The lowest BCUT2D eigenvalue weighted by molar-refractivity contribution is -0.122. The lowest BCUT2D eigenvalue weighted by atomic mass is 9.99. The van der Waals surface area contributed by atoms with Gasteiger partial charge in [0.25, 0.3) is 0 Å². The molecule has 2 atom stereocenters. The summed E-state index contributed by atoms with van der Waals surface area (Å²) in [5.41, 5.74) is 3.73. The summed E-state index contributed by atoms with van der Waals surface area (Å²) in [6, 6.07) is 6.43. The molecule has 25 heavy (non-hydrogen) atoms. The number of amides is 1. The summed E-state index contributed by atoms with van der Waals surface area (Å²) in [7, 11) is 0. The number of morpholine rings is 1. The van der Waals surface area contributed by atoms with E-state index in [1.54, 1.807) is 0 Å². The van der Waals surface area contributed by atoms with Crippen LogP contribution in [-0.4, -0.2) is 48.2 Å². The molecule has 0 radical (unpaired) electrons. The van der Waals surface area contributed by atoms with Crippen molar-refractivity contribution in [2.45, 2.75) is 72.1 Å². The normalized spacial score (nSPS) is 22.0. The van der Waals surface area contributed by atoms with Gasteiger partial charge >= 0.3 is 0 Å². The third-order valence-electron chi connectivity index (χ3n) is 5.11. The van der Waals surface area contributed by atoms with Crippen LogP contribution in [0.4, 0.5) is 0 Å². The van der Waals surface area contributed by atoms with Gasteiger partial charge in [0, 0.05) is 31.6 Å². The molecule has 4 heteroatoms. The van der Waals surface area contributed by atoms with Crippen molar-refractivity contribution in [1.29, 1.82) is 0 Å². The summed E-state index contributed by atoms with van der Waals surface area (Å²) < 4.78 is 5.82. The van der Waals surface area contributed by atoms with Crippen molar-refractivity contribution >= 4 is 5.91 Å². The number of carbonyl (C=O) groups excluding carboxylic acids is 1. The second-order valence-corrected chi connectivity index (χ2v) is 8.18. The van der Waals surface area contributed by atoms with Gasteiger partial charge in [-0.15, -0.1) is 0 Å². The van der Waals surface area contributed by atoms with Gasteiger partial charge in [-0.3, -0.25) is 9.69 Å². The Bertz CT molecular complexity index is 588. The third-order valence-corrected chi connectivity index (χ3v) is 5.11. The summed E-state index contributed by atoms with van der Waals surface area (Å²) in [4.78, 5) is 14.7. The molecular formula is C21H34N2O2. The van der Waals surface area contributed by atoms with Crippen LogP contribution in [0.25, 0.3) is 0 Å². The fourth-order valence-corrected chi connectivity index (χ4v) is 3.56. The summed E-state index contributed by atoms with van der Waals surface area (Å²) in [6.07, 6.45) is 1.81. The first kappa shape index (κ1) is 19.9. The van der Waals surface area contributed by atoms with Gasteiger partial charge in [-0.1, -0.05) is 23.8 Å². The van der Waals surface area contributed by atoms with Crippen molar-refractivity contribution < 1.29 is 9.53 Å². The predicted octanol–water partition coefficient (Wildman–Crippen LogP) is 3.24. The van der Waals surface area contributed by atoms with Crippen LogP contribution >= 0.6 is 0 Å². The van der Waals surface area contributed by atoms with Crippen molar-refractivity contribution in [1.82, 2.24) is 10.2 Å². The number of aryl methyl sites for hydroxylation is 3. The van der Waals surface area contributed by atoms with Crippen LogP contribution in [-0.2, 0) is 16.0 Å². The zero-order valence-electron chi connectivity index (χ0n) is 16.7. The van der Waals surface area contributed by atoms with Crippen molar-refractivity contribution in [3.05, 3.63) is 34.9 Å². The summed E-state index contributed by atoms with van der Waals surface area (Å²) >= 11 is 0. The number of hydrogen-bond acceptors (Lipinski definition) is 3. The van der Waals surface area contributed by atoms with E-state index in [0.717, 1.165) is 19.5 Å². The maximum absolute atomic E-state index is 12.3. The Morgan fingerprint density at radius 2 is 1.88 bits per heavy atom. The summed E-state index contributed by atoms with van der Waals surface area (Å²) in [6.45, 7) is 15.3. The number of rotatable bonds is 6. The van der Waals surface area contributed by atoms with Crippen LogP contribution in [0.2, 0.25) is 0 Å². The van der Waals surface area contributed by atoms with Gasteiger partial charge in [0.2, 0.25) is 5.91 Å². The van der Waals surface area contributed by atoms with E-state index in [4.69, 9.17) is 4.74 Å². The summed E-state index contributed by atoms with van der Waals surface area (Å²) in [5.74, 6) is 0.127. The molecule has 0 unspecified atom stereocenters. The highest BCUT2D eigenvalue weighted by Crippen LogP contribution is 2.20. The number of benzene rings is 1. The van der Waals surface area contributed by atoms with E-state index in [-0.39, 0.29) is 23.7 Å². The Labute approximate surface area is 152 Å². The van der Waals surface area contributed by atoms with Gasteiger partial charge in [-0.05, 0) is 59.1 Å². The molecule has 4 nitrogen and oxygen atoms in total. The largest absolute Gasteiger partial charge is 0.373 e. The van der Waals surface area contributed by atoms with Gasteiger partial charge < -0.3 is 10.1 Å². The molecule has 0 saturated carbocycles. The van der Waals surface area contributed by atoms with Gasteiger partial charge in [0.05, 0.1) is 12.2 Å². The van der Waals surface area contributed by atoms with Crippen LogP contribution in [0.1, 0.15) is 50.8 Å². The third kappa shape index (κ3) is 5.82. The average molecular weight is 347 g/mol. The van der Waals surface area contributed by atoms with Crippen LogP contribution < -0.4 is 5.32 Å². The molecule has 2 rings (SSSR count). The monoisotopic (exact) mass is 346 g/mol. The molecule has 1 aliphatic heterocycles. The number of hydrogen-bond donors (Lipinski definition) is 1. The van der Waals surface area contributed by atoms with Crippen LogP contribution in [0.3, 0.4) is 0 Å². The number of carbonyl (C=O) groups is 1. The van der Waals surface area contributed by atoms with E-state index < -0.39 is 0 Å². The highest BCUT2D eigenvalue weighted by atomic mass is 16.5. The Kier molecular flexibility index (Phi) is 6.64. The molecule has 1 saturated heterocycles. The Morgan fingerprint density at radius 3 is 2.48 bits per heavy atom. The van der Waals surface area contributed by atoms with Crippen molar-refractivity contribution in [2.75, 3.05) is 19.6 Å². The molecule has 140 valence electrons. The first-order valence-electron chi connectivity index (χ1n) is 9.41. The van der Waals surface area contributed by atoms with Crippen LogP contribution in [0.5, 0.6) is 0 Å². The summed E-state index contributed by atoms with van der Waals surface area (Å²) in [5, 5.41) is 3.13. The van der Waals surface area contributed by atoms with Gasteiger partial charge in [-0.2, -0.15) is 0 Å². The molecule has 0 bridgehead atoms. The quantitative estimate of drug-likeness (QED) is 0.860. The molecule has 1 heterocycles. The SMILES string of the molecule is Cc1ccc(CCC(=O)NCC(C)(C)N2C[C@H](C)O[C@@H](C)C2)c(C)c1. The second-order valence-electron chi connectivity index (χ2n) is 8.18.